The fourth-order valence-electron chi connectivity index (χ4n) is 7.25. The molecule has 2 aliphatic rings. The largest absolute Gasteiger partial charge is 0.312 e. The first kappa shape index (κ1) is 28.1. The highest BCUT2D eigenvalue weighted by Gasteiger charge is 2.37. The summed E-state index contributed by atoms with van der Waals surface area (Å²) in [5, 5.41) is 3.55. The smallest absolute Gasteiger partial charge is 0.0462 e. The van der Waals surface area contributed by atoms with Gasteiger partial charge < -0.3 is 10.2 Å². The SMILES string of the molecule is CNC1c2ccc(-c3ccc(-c4ccc(N(c5ccccc5)c5ccc(-c6ccccc6)cc5)cc4)cc3)cc2C2C=CC=CC21. The Morgan fingerprint density at radius 3 is 1.48 bits per heavy atom. The van der Waals surface area contributed by atoms with Gasteiger partial charge in [0, 0.05) is 34.9 Å². The lowest BCUT2D eigenvalue weighted by Gasteiger charge is -2.26. The molecule has 0 spiro atoms. The maximum absolute atomic E-state index is 3.55. The predicted octanol–water partition coefficient (Wildman–Crippen LogP) is 11.3. The van der Waals surface area contributed by atoms with E-state index in [1.807, 2.05) is 0 Å². The molecular formula is C44H36N2. The molecule has 0 radical (unpaired) electrons. The lowest BCUT2D eigenvalue weighted by molar-refractivity contribution is 0.460. The Balaban J connectivity index is 1.06. The van der Waals surface area contributed by atoms with Gasteiger partial charge in [0.1, 0.15) is 0 Å². The van der Waals surface area contributed by atoms with E-state index in [2.05, 4.69) is 193 Å². The zero-order valence-electron chi connectivity index (χ0n) is 25.9. The molecule has 6 aromatic carbocycles. The van der Waals surface area contributed by atoms with Crippen LogP contribution >= 0.6 is 0 Å². The molecule has 0 aliphatic heterocycles. The van der Waals surface area contributed by atoms with Crippen molar-refractivity contribution in [2.75, 3.05) is 11.9 Å². The summed E-state index contributed by atoms with van der Waals surface area (Å²) in [6, 6.07) is 55.3. The number of hydrogen-bond acceptors (Lipinski definition) is 2. The van der Waals surface area contributed by atoms with Gasteiger partial charge in [-0.25, -0.2) is 0 Å². The quantitative estimate of drug-likeness (QED) is 0.198. The predicted molar refractivity (Wildman–Crippen MR) is 194 cm³/mol. The van der Waals surface area contributed by atoms with E-state index in [0.717, 1.165) is 17.1 Å². The molecule has 0 saturated heterocycles. The van der Waals surface area contributed by atoms with Crippen molar-refractivity contribution in [2.24, 2.45) is 5.92 Å². The first-order chi connectivity index (χ1) is 22.8. The Morgan fingerprint density at radius 1 is 0.435 bits per heavy atom. The summed E-state index contributed by atoms with van der Waals surface area (Å²) in [5.74, 6) is 0.921. The van der Waals surface area contributed by atoms with Gasteiger partial charge in [-0.05, 0) is 88.0 Å². The summed E-state index contributed by atoms with van der Waals surface area (Å²) in [6.07, 6.45) is 9.09. The second kappa shape index (κ2) is 12.2. The van der Waals surface area contributed by atoms with Crippen molar-refractivity contribution < 1.29 is 0 Å². The van der Waals surface area contributed by atoms with Gasteiger partial charge in [0.15, 0.2) is 0 Å². The number of rotatable bonds is 7. The molecule has 0 fully saturated rings. The van der Waals surface area contributed by atoms with Gasteiger partial charge in [-0.1, -0.05) is 140 Å². The summed E-state index contributed by atoms with van der Waals surface area (Å²) in [5.41, 5.74) is 13.6. The Labute approximate surface area is 272 Å². The van der Waals surface area contributed by atoms with E-state index in [-0.39, 0.29) is 0 Å². The number of para-hydroxylation sites is 1. The van der Waals surface area contributed by atoms with Crippen LogP contribution in [0.5, 0.6) is 0 Å². The van der Waals surface area contributed by atoms with E-state index >= 15 is 0 Å². The maximum Gasteiger partial charge on any atom is 0.0462 e. The summed E-state index contributed by atoms with van der Waals surface area (Å²) >= 11 is 0. The van der Waals surface area contributed by atoms with Gasteiger partial charge in [-0.3, -0.25) is 0 Å². The van der Waals surface area contributed by atoms with Crippen molar-refractivity contribution in [2.45, 2.75) is 12.0 Å². The van der Waals surface area contributed by atoms with Crippen LogP contribution in [0.25, 0.3) is 33.4 Å². The van der Waals surface area contributed by atoms with Crippen LogP contribution in [0.2, 0.25) is 0 Å². The minimum Gasteiger partial charge on any atom is -0.312 e. The van der Waals surface area contributed by atoms with Crippen molar-refractivity contribution in [1.82, 2.24) is 5.32 Å². The molecular weight excluding hydrogens is 556 g/mol. The first-order valence-corrected chi connectivity index (χ1v) is 16.1. The topological polar surface area (TPSA) is 15.3 Å². The van der Waals surface area contributed by atoms with Gasteiger partial charge in [0.2, 0.25) is 0 Å². The van der Waals surface area contributed by atoms with Crippen molar-refractivity contribution in [3.63, 3.8) is 0 Å². The van der Waals surface area contributed by atoms with Crippen LogP contribution in [0.1, 0.15) is 23.1 Å². The molecule has 0 heterocycles. The summed E-state index contributed by atoms with van der Waals surface area (Å²) in [4.78, 5) is 2.32. The number of allylic oxidation sites excluding steroid dienone is 3. The van der Waals surface area contributed by atoms with E-state index in [0.29, 0.717) is 17.9 Å². The third-order valence-electron chi connectivity index (χ3n) is 9.58. The Bertz CT molecular complexity index is 2010. The van der Waals surface area contributed by atoms with Crippen molar-refractivity contribution in [3.05, 3.63) is 187 Å². The molecule has 6 aromatic rings. The van der Waals surface area contributed by atoms with Crippen molar-refractivity contribution >= 4 is 17.1 Å². The fourth-order valence-corrected chi connectivity index (χ4v) is 7.25. The van der Waals surface area contributed by atoms with Crippen LogP contribution in [-0.4, -0.2) is 7.05 Å². The van der Waals surface area contributed by atoms with Crippen LogP contribution in [0.4, 0.5) is 17.1 Å². The molecule has 0 bridgehead atoms. The zero-order valence-corrected chi connectivity index (χ0v) is 25.9. The highest BCUT2D eigenvalue weighted by Crippen LogP contribution is 2.49. The first-order valence-electron chi connectivity index (χ1n) is 16.1. The van der Waals surface area contributed by atoms with Crippen LogP contribution in [0.15, 0.2) is 176 Å². The molecule has 3 atom stereocenters. The molecule has 0 saturated carbocycles. The number of nitrogens with one attached hydrogen (secondary N) is 1. The van der Waals surface area contributed by atoms with Gasteiger partial charge >= 0.3 is 0 Å². The zero-order chi connectivity index (χ0) is 30.9. The number of hydrogen-bond donors (Lipinski definition) is 1. The molecule has 2 nitrogen and oxygen atoms in total. The van der Waals surface area contributed by atoms with Crippen molar-refractivity contribution in [3.8, 4) is 33.4 Å². The molecule has 46 heavy (non-hydrogen) atoms. The van der Waals surface area contributed by atoms with Crippen LogP contribution < -0.4 is 10.2 Å². The molecule has 2 heteroatoms. The summed E-state index contributed by atoms with van der Waals surface area (Å²) in [6.45, 7) is 0. The van der Waals surface area contributed by atoms with Gasteiger partial charge in [-0.2, -0.15) is 0 Å². The average Bonchev–Trinajstić information content (AvgIpc) is 3.46. The minimum absolute atomic E-state index is 0.368. The monoisotopic (exact) mass is 592 g/mol. The second-order valence-electron chi connectivity index (χ2n) is 12.2. The highest BCUT2D eigenvalue weighted by atomic mass is 15.1. The molecule has 2 aliphatic carbocycles. The Morgan fingerprint density at radius 2 is 0.891 bits per heavy atom. The third-order valence-corrected chi connectivity index (χ3v) is 9.58. The lowest BCUT2D eigenvalue weighted by atomic mass is 9.87. The molecule has 222 valence electrons. The van der Waals surface area contributed by atoms with E-state index in [9.17, 15) is 0 Å². The molecule has 8 rings (SSSR count). The average molecular weight is 593 g/mol. The normalized spacial score (nSPS) is 17.8. The number of nitrogens with zero attached hydrogens (tertiary/aromatic N) is 1. The number of fused-ring (bicyclic) bond motifs is 3. The van der Waals surface area contributed by atoms with E-state index in [4.69, 9.17) is 0 Å². The standard InChI is InChI=1S/C44H36N2/c1-45-44-41-15-9-8-14-40(41)43-30-36(24-29-42(43)44)35-18-16-32(17-19-35)34-22-27-39(28-23-34)46(37-12-6-3-7-13-37)38-25-20-33(21-26-38)31-10-4-2-5-11-31/h2-30,40-41,44-45H,1H3. The number of anilines is 3. The highest BCUT2D eigenvalue weighted by molar-refractivity contribution is 5.80. The van der Waals surface area contributed by atoms with E-state index in [1.54, 1.807) is 0 Å². The lowest BCUT2D eigenvalue weighted by Crippen LogP contribution is -2.22. The van der Waals surface area contributed by atoms with Crippen LogP contribution in [0.3, 0.4) is 0 Å². The summed E-state index contributed by atoms with van der Waals surface area (Å²) in [7, 11) is 2.07. The Hall–Kier alpha value is -5.44. The summed E-state index contributed by atoms with van der Waals surface area (Å²) < 4.78 is 0. The van der Waals surface area contributed by atoms with Gasteiger partial charge in [0.25, 0.3) is 0 Å². The van der Waals surface area contributed by atoms with Gasteiger partial charge in [-0.15, -0.1) is 0 Å². The molecule has 0 aromatic heterocycles. The molecule has 0 amide bonds. The van der Waals surface area contributed by atoms with Crippen LogP contribution in [-0.2, 0) is 0 Å². The van der Waals surface area contributed by atoms with Crippen molar-refractivity contribution in [1.29, 1.82) is 0 Å². The fraction of sp³-hybridized carbons (Fsp3) is 0.0909. The van der Waals surface area contributed by atoms with E-state index < -0.39 is 0 Å². The Kier molecular flexibility index (Phi) is 7.42. The van der Waals surface area contributed by atoms with Gasteiger partial charge in [0.05, 0.1) is 0 Å². The second-order valence-corrected chi connectivity index (χ2v) is 12.2. The van der Waals surface area contributed by atoms with E-state index in [1.165, 1.54) is 44.5 Å². The van der Waals surface area contributed by atoms with Crippen LogP contribution in [0, 0.1) is 5.92 Å². The third kappa shape index (κ3) is 5.17. The molecule has 3 unspecified atom stereocenters. The molecule has 1 N–H and O–H groups in total. The maximum atomic E-state index is 3.55. The minimum atomic E-state index is 0.368. The number of benzene rings is 6.